The van der Waals surface area contributed by atoms with E-state index in [0.717, 1.165) is 43.0 Å². The van der Waals surface area contributed by atoms with E-state index in [1.54, 1.807) is 11.3 Å². The van der Waals surface area contributed by atoms with E-state index >= 15 is 0 Å². The molecule has 0 aliphatic rings. The topological polar surface area (TPSA) is 37.8 Å². The van der Waals surface area contributed by atoms with Gasteiger partial charge in [-0.05, 0) is 58.6 Å². The first-order chi connectivity index (χ1) is 13.3. The van der Waals surface area contributed by atoms with E-state index in [-0.39, 0.29) is 0 Å². The summed E-state index contributed by atoms with van der Waals surface area (Å²) in [6.07, 6.45) is 0. The van der Waals surface area contributed by atoms with E-state index in [4.69, 9.17) is 9.97 Å². The van der Waals surface area contributed by atoms with Crippen LogP contribution in [0.25, 0.3) is 32.4 Å². The summed E-state index contributed by atoms with van der Waals surface area (Å²) in [5.41, 5.74) is 3.63. The molecule has 5 aromatic rings. The number of anilines is 2. The highest BCUT2D eigenvalue weighted by Gasteiger charge is 2.13. The van der Waals surface area contributed by atoms with E-state index in [1.807, 2.05) is 42.5 Å². The van der Waals surface area contributed by atoms with Gasteiger partial charge in [-0.25, -0.2) is 9.97 Å². The van der Waals surface area contributed by atoms with Crippen LogP contribution in [-0.2, 0) is 0 Å². The number of hydrogen-bond donors (Lipinski definition) is 1. The van der Waals surface area contributed by atoms with Crippen LogP contribution in [0.3, 0.4) is 0 Å². The van der Waals surface area contributed by atoms with Gasteiger partial charge in [-0.1, -0.05) is 46.3 Å². The van der Waals surface area contributed by atoms with E-state index in [0.29, 0.717) is 0 Å². The van der Waals surface area contributed by atoms with Crippen LogP contribution < -0.4 is 5.32 Å². The lowest BCUT2D eigenvalue weighted by Gasteiger charge is -2.12. The molecule has 0 saturated carbocycles. The molecule has 27 heavy (non-hydrogen) atoms. The van der Waals surface area contributed by atoms with Crippen molar-refractivity contribution in [2.24, 2.45) is 0 Å². The summed E-state index contributed by atoms with van der Waals surface area (Å²) in [4.78, 5) is 11.0. The predicted molar refractivity (Wildman–Crippen MR) is 118 cm³/mol. The van der Waals surface area contributed by atoms with E-state index in [1.165, 1.54) is 5.39 Å². The maximum Gasteiger partial charge on any atom is 0.158 e. The molecule has 5 heteroatoms. The van der Waals surface area contributed by atoms with Crippen molar-refractivity contribution in [3.05, 3.63) is 82.6 Å². The molecule has 0 unspecified atom stereocenters. The molecule has 0 aliphatic heterocycles. The van der Waals surface area contributed by atoms with Gasteiger partial charge in [0, 0.05) is 10.2 Å². The molecular weight excluding hydrogens is 418 g/mol. The first kappa shape index (κ1) is 16.4. The van der Waals surface area contributed by atoms with Gasteiger partial charge >= 0.3 is 0 Å². The highest BCUT2D eigenvalue weighted by Crippen LogP contribution is 2.33. The molecule has 1 N–H and O–H groups in total. The van der Waals surface area contributed by atoms with Gasteiger partial charge in [0.25, 0.3) is 0 Å². The summed E-state index contributed by atoms with van der Waals surface area (Å²) in [5, 5.41) is 7.84. The zero-order chi connectivity index (χ0) is 18.2. The van der Waals surface area contributed by atoms with Crippen molar-refractivity contribution in [1.82, 2.24) is 9.97 Å². The van der Waals surface area contributed by atoms with Crippen LogP contribution in [0.2, 0.25) is 0 Å². The number of aromatic nitrogens is 2. The van der Waals surface area contributed by atoms with Crippen LogP contribution in [-0.4, -0.2) is 9.97 Å². The minimum Gasteiger partial charge on any atom is -0.338 e. The number of fused-ring (bicyclic) bond motifs is 2. The van der Waals surface area contributed by atoms with Gasteiger partial charge in [0.2, 0.25) is 0 Å². The standard InChI is InChI=1S/C22H14BrN3S/c23-16-7-9-17(10-8-16)24-22-21(20-6-3-11-27-20)25-18-12-14-4-1-2-5-15(14)13-19(18)26-22/h1-13H,(H,24,26). The fourth-order valence-electron chi connectivity index (χ4n) is 3.08. The summed E-state index contributed by atoms with van der Waals surface area (Å²) in [5.74, 6) is 0.766. The SMILES string of the molecule is Brc1ccc(Nc2nc3cc4ccccc4cc3nc2-c2cccs2)cc1. The fourth-order valence-corrected chi connectivity index (χ4v) is 4.06. The van der Waals surface area contributed by atoms with Crippen LogP contribution >= 0.6 is 27.3 Å². The number of nitrogens with zero attached hydrogens (tertiary/aromatic N) is 2. The zero-order valence-electron chi connectivity index (χ0n) is 14.2. The van der Waals surface area contributed by atoms with Crippen LogP contribution in [0, 0.1) is 0 Å². The molecule has 3 aromatic carbocycles. The van der Waals surface area contributed by atoms with Crippen LogP contribution in [0.5, 0.6) is 0 Å². The summed E-state index contributed by atoms with van der Waals surface area (Å²) in [7, 11) is 0. The van der Waals surface area contributed by atoms with Crippen molar-refractivity contribution < 1.29 is 0 Å². The third kappa shape index (κ3) is 3.20. The Morgan fingerprint density at radius 1 is 0.778 bits per heavy atom. The lowest BCUT2D eigenvalue weighted by molar-refractivity contribution is 1.29. The van der Waals surface area contributed by atoms with Crippen molar-refractivity contribution in [1.29, 1.82) is 0 Å². The molecule has 2 heterocycles. The van der Waals surface area contributed by atoms with E-state index in [9.17, 15) is 0 Å². The second-order valence-electron chi connectivity index (χ2n) is 6.22. The predicted octanol–water partition coefficient (Wildman–Crippen LogP) is 7.02. The van der Waals surface area contributed by atoms with Crippen molar-refractivity contribution in [2.45, 2.75) is 0 Å². The van der Waals surface area contributed by atoms with Gasteiger partial charge < -0.3 is 5.32 Å². The molecule has 0 aliphatic carbocycles. The first-order valence-electron chi connectivity index (χ1n) is 8.53. The van der Waals surface area contributed by atoms with Gasteiger partial charge in [0.05, 0.1) is 15.9 Å². The van der Waals surface area contributed by atoms with Crippen LogP contribution in [0.4, 0.5) is 11.5 Å². The Morgan fingerprint density at radius 3 is 2.15 bits per heavy atom. The Bertz CT molecular complexity index is 1250. The van der Waals surface area contributed by atoms with Gasteiger partial charge in [0.1, 0.15) is 5.69 Å². The summed E-state index contributed by atoms with van der Waals surface area (Å²) in [6.45, 7) is 0. The lowest BCUT2D eigenvalue weighted by Crippen LogP contribution is -1.99. The number of benzene rings is 3. The second kappa shape index (κ2) is 6.76. The Morgan fingerprint density at radius 2 is 1.48 bits per heavy atom. The van der Waals surface area contributed by atoms with Crippen molar-refractivity contribution in [2.75, 3.05) is 5.32 Å². The quantitative estimate of drug-likeness (QED) is 0.312. The fraction of sp³-hybridized carbons (Fsp3) is 0. The molecule has 0 radical (unpaired) electrons. The monoisotopic (exact) mass is 431 g/mol. The molecule has 130 valence electrons. The van der Waals surface area contributed by atoms with Crippen LogP contribution in [0.15, 0.2) is 82.6 Å². The van der Waals surface area contributed by atoms with Crippen molar-refractivity contribution in [3.63, 3.8) is 0 Å². The average Bonchev–Trinajstić information content (AvgIpc) is 3.22. The second-order valence-corrected chi connectivity index (χ2v) is 8.08. The Hall–Kier alpha value is -2.76. The van der Waals surface area contributed by atoms with Gasteiger partial charge in [-0.3, -0.25) is 0 Å². The van der Waals surface area contributed by atoms with Gasteiger partial charge in [0.15, 0.2) is 5.82 Å². The highest BCUT2D eigenvalue weighted by molar-refractivity contribution is 9.10. The Kier molecular flexibility index (Phi) is 4.11. The lowest BCUT2D eigenvalue weighted by atomic mass is 10.1. The smallest absolute Gasteiger partial charge is 0.158 e. The molecule has 5 rings (SSSR count). The Labute approximate surface area is 168 Å². The summed E-state index contributed by atoms with van der Waals surface area (Å²) >= 11 is 5.14. The first-order valence-corrected chi connectivity index (χ1v) is 10.2. The normalized spacial score (nSPS) is 11.1. The molecular formula is C22H14BrN3S. The van der Waals surface area contributed by atoms with Crippen molar-refractivity contribution in [3.8, 4) is 10.6 Å². The average molecular weight is 432 g/mol. The number of nitrogens with one attached hydrogen (secondary N) is 1. The highest BCUT2D eigenvalue weighted by atomic mass is 79.9. The number of halogens is 1. The van der Waals surface area contributed by atoms with E-state index in [2.05, 4.69) is 57.0 Å². The number of hydrogen-bond acceptors (Lipinski definition) is 4. The summed E-state index contributed by atoms with van der Waals surface area (Å²) < 4.78 is 1.04. The van der Waals surface area contributed by atoms with Crippen molar-refractivity contribution >= 4 is 60.6 Å². The molecule has 0 atom stereocenters. The summed E-state index contributed by atoms with van der Waals surface area (Å²) in [6, 6.07) is 24.7. The third-order valence-corrected chi connectivity index (χ3v) is 5.80. The van der Waals surface area contributed by atoms with Crippen LogP contribution in [0.1, 0.15) is 0 Å². The van der Waals surface area contributed by atoms with Gasteiger partial charge in [-0.15, -0.1) is 11.3 Å². The maximum absolute atomic E-state index is 4.96. The molecule has 0 fully saturated rings. The molecule has 3 nitrogen and oxygen atoms in total. The molecule has 0 amide bonds. The van der Waals surface area contributed by atoms with Gasteiger partial charge in [-0.2, -0.15) is 0 Å². The van der Waals surface area contributed by atoms with E-state index < -0.39 is 0 Å². The minimum absolute atomic E-state index is 0.766. The Balaban J connectivity index is 1.71. The zero-order valence-corrected chi connectivity index (χ0v) is 16.6. The minimum atomic E-state index is 0.766. The largest absolute Gasteiger partial charge is 0.338 e. The molecule has 0 spiro atoms. The molecule has 2 aromatic heterocycles. The third-order valence-electron chi connectivity index (χ3n) is 4.39. The molecule has 0 bridgehead atoms. The number of rotatable bonds is 3. The maximum atomic E-state index is 4.96. The molecule has 0 saturated heterocycles. The number of thiophene rings is 1.